The lowest BCUT2D eigenvalue weighted by molar-refractivity contribution is -0.673. The largest absolute Gasteiger partial charge is 1.00 e. The van der Waals surface area contributed by atoms with Gasteiger partial charge in [-0.05, 0) is 6.07 Å². The maximum absolute atomic E-state index is 10.8. The predicted octanol–water partition coefficient (Wildman–Crippen LogP) is -2.28. The van der Waals surface area contributed by atoms with Crippen molar-refractivity contribution in [3.05, 3.63) is 30.1 Å². The van der Waals surface area contributed by atoms with Gasteiger partial charge in [0.15, 0.2) is 6.20 Å². The second-order valence-corrected chi connectivity index (χ2v) is 2.25. The van der Waals surface area contributed by atoms with Gasteiger partial charge in [-0.15, -0.1) is 0 Å². The zero-order valence-electron chi connectivity index (χ0n) is 6.54. The lowest BCUT2D eigenvalue weighted by atomic mass is 10.3. The van der Waals surface area contributed by atoms with Gasteiger partial charge in [-0.25, -0.2) is 0 Å². The molecular weight excluding hydrogens is 253 g/mol. The molecule has 1 heterocycles. The Morgan fingerprint density at radius 1 is 1.45 bits per heavy atom. The van der Waals surface area contributed by atoms with E-state index in [1.165, 1.54) is 0 Å². The molecule has 2 nitrogen and oxygen atoms in total. The zero-order valence-corrected chi connectivity index (χ0v) is 8.70. The SMILES string of the molecule is CC(=O)c1cccc[n+]1C.[I-]. The molecule has 1 aromatic heterocycles. The third kappa shape index (κ3) is 2.57. The van der Waals surface area contributed by atoms with Crippen molar-refractivity contribution >= 4 is 5.78 Å². The van der Waals surface area contributed by atoms with Gasteiger partial charge in [-0.3, -0.25) is 4.79 Å². The number of pyridine rings is 1. The van der Waals surface area contributed by atoms with Crippen LogP contribution in [0.4, 0.5) is 0 Å². The van der Waals surface area contributed by atoms with Crippen molar-refractivity contribution in [3.8, 4) is 0 Å². The average molecular weight is 263 g/mol. The van der Waals surface area contributed by atoms with Crippen molar-refractivity contribution in [1.29, 1.82) is 0 Å². The summed E-state index contributed by atoms with van der Waals surface area (Å²) in [7, 11) is 1.86. The van der Waals surface area contributed by atoms with Crippen LogP contribution in [0.5, 0.6) is 0 Å². The first-order chi connectivity index (χ1) is 4.72. The molecule has 0 spiro atoms. The summed E-state index contributed by atoms with van der Waals surface area (Å²) in [6.45, 7) is 1.56. The molecule has 0 aromatic carbocycles. The smallest absolute Gasteiger partial charge is 0.248 e. The third-order valence-electron chi connectivity index (χ3n) is 1.42. The highest BCUT2D eigenvalue weighted by molar-refractivity contribution is 5.90. The molecule has 0 atom stereocenters. The van der Waals surface area contributed by atoms with Gasteiger partial charge in [0.2, 0.25) is 11.5 Å². The summed E-state index contributed by atoms with van der Waals surface area (Å²) >= 11 is 0. The third-order valence-corrected chi connectivity index (χ3v) is 1.42. The number of carbonyl (C=O) groups excluding carboxylic acids is 1. The maximum atomic E-state index is 10.8. The van der Waals surface area contributed by atoms with Gasteiger partial charge in [0.25, 0.3) is 0 Å². The maximum Gasteiger partial charge on any atom is 0.248 e. The Morgan fingerprint density at radius 3 is 2.45 bits per heavy atom. The van der Waals surface area contributed by atoms with E-state index in [1.54, 1.807) is 6.92 Å². The number of aromatic nitrogens is 1. The topological polar surface area (TPSA) is 20.9 Å². The molecule has 0 saturated carbocycles. The Hall–Kier alpha value is -0.450. The summed E-state index contributed by atoms with van der Waals surface area (Å²) in [5.74, 6) is 0.100. The van der Waals surface area contributed by atoms with Crippen LogP contribution in [0.1, 0.15) is 17.4 Å². The number of rotatable bonds is 1. The van der Waals surface area contributed by atoms with E-state index in [4.69, 9.17) is 0 Å². The van der Waals surface area contributed by atoms with Crippen LogP contribution in [-0.4, -0.2) is 5.78 Å². The van der Waals surface area contributed by atoms with E-state index in [-0.39, 0.29) is 29.8 Å². The van der Waals surface area contributed by atoms with E-state index in [0.717, 1.165) is 5.69 Å². The second kappa shape index (κ2) is 4.43. The van der Waals surface area contributed by atoms with Crippen molar-refractivity contribution in [1.82, 2.24) is 0 Å². The normalized spacial score (nSPS) is 8.55. The van der Waals surface area contributed by atoms with Crippen LogP contribution in [0.25, 0.3) is 0 Å². The summed E-state index contributed by atoms with van der Waals surface area (Å²) in [5.41, 5.74) is 0.738. The second-order valence-electron chi connectivity index (χ2n) is 2.25. The monoisotopic (exact) mass is 263 g/mol. The molecule has 1 rings (SSSR count). The number of carbonyl (C=O) groups is 1. The highest BCUT2D eigenvalue weighted by Crippen LogP contribution is 1.90. The highest BCUT2D eigenvalue weighted by Gasteiger charge is 2.08. The fourth-order valence-corrected chi connectivity index (χ4v) is 0.889. The first kappa shape index (κ1) is 10.6. The zero-order chi connectivity index (χ0) is 7.56. The van der Waals surface area contributed by atoms with E-state index < -0.39 is 0 Å². The standard InChI is InChI=1S/C8H10NO.HI/c1-7(10)8-5-3-4-6-9(8)2;/h3-6H,1-2H3;1H/q+1;/p-1. The molecule has 3 heteroatoms. The molecule has 11 heavy (non-hydrogen) atoms. The molecule has 1 aromatic rings. The van der Waals surface area contributed by atoms with Gasteiger partial charge >= 0.3 is 0 Å². The van der Waals surface area contributed by atoms with Crippen LogP contribution in [0.15, 0.2) is 24.4 Å². The van der Waals surface area contributed by atoms with Gasteiger partial charge in [-0.1, -0.05) is 0 Å². The summed E-state index contributed by atoms with van der Waals surface area (Å²) in [4.78, 5) is 10.8. The molecule has 0 amide bonds. The highest BCUT2D eigenvalue weighted by atomic mass is 127. The van der Waals surface area contributed by atoms with E-state index >= 15 is 0 Å². The number of hydrogen-bond acceptors (Lipinski definition) is 1. The molecule has 0 fully saturated rings. The number of nitrogens with zero attached hydrogens (tertiary/aromatic N) is 1. The molecule has 0 unspecified atom stereocenters. The number of hydrogen-bond donors (Lipinski definition) is 0. The van der Waals surface area contributed by atoms with Gasteiger partial charge < -0.3 is 24.0 Å². The predicted molar refractivity (Wildman–Crippen MR) is 37.6 cm³/mol. The van der Waals surface area contributed by atoms with Crippen molar-refractivity contribution in [2.45, 2.75) is 6.92 Å². The molecule has 0 aliphatic rings. The van der Waals surface area contributed by atoms with Crippen LogP contribution in [0.3, 0.4) is 0 Å². The molecule has 0 aliphatic heterocycles. The van der Waals surface area contributed by atoms with Gasteiger partial charge in [0.05, 0.1) is 0 Å². The minimum Gasteiger partial charge on any atom is -1.00 e. The first-order valence-electron chi connectivity index (χ1n) is 3.17. The van der Waals surface area contributed by atoms with Crippen molar-refractivity contribution < 1.29 is 33.3 Å². The summed E-state index contributed by atoms with van der Waals surface area (Å²) in [6.07, 6.45) is 1.86. The molecule has 0 saturated heterocycles. The fraction of sp³-hybridized carbons (Fsp3) is 0.250. The van der Waals surface area contributed by atoms with E-state index in [2.05, 4.69) is 0 Å². The number of halogens is 1. The number of aryl methyl sites for hydroxylation is 1. The first-order valence-corrected chi connectivity index (χ1v) is 3.17. The average Bonchev–Trinajstić information content (AvgIpc) is 1.88. The molecular formula is C8H10INO. The molecule has 60 valence electrons. The van der Waals surface area contributed by atoms with Crippen molar-refractivity contribution in [2.24, 2.45) is 7.05 Å². The molecule has 0 radical (unpaired) electrons. The minimum absolute atomic E-state index is 0. The van der Waals surface area contributed by atoms with Crippen molar-refractivity contribution in [3.63, 3.8) is 0 Å². The number of ketones is 1. The summed E-state index contributed by atoms with van der Waals surface area (Å²) in [5, 5.41) is 0. The van der Waals surface area contributed by atoms with Gasteiger partial charge in [-0.2, -0.15) is 4.57 Å². The van der Waals surface area contributed by atoms with E-state index in [0.29, 0.717) is 0 Å². The van der Waals surface area contributed by atoms with E-state index in [9.17, 15) is 4.79 Å². The van der Waals surface area contributed by atoms with Crippen LogP contribution in [0.2, 0.25) is 0 Å². The van der Waals surface area contributed by atoms with Crippen LogP contribution in [0, 0.1) is 0 Å². The van der Waals surface area contributed by atoms with Gasteiger partial charge in [0, 0.05) is 19.1 Å². The Bertz CT molecular complexity index is 260. The van der Waals surface area contributed by atoms with Crippen molar-refractivity contribution in [2.75, 3.05) is 0 Å². The molecule has 0 bridgehead atoms. The Morgan fingerprint density at radius 2 is 2.09 bits per heavy atom. The minimum atomic E-state index is 0. The number of Topliss-reactive ketones (excluding diaryl/α,β-unsaturated/α-hetero) is 1. The summed E-state index contributed by atoms with van der Waals surface area (Å²) < 4.78 is 1.81. The lowest BCUT2D eigenvalue weighted by Gasteiger charge is -1.91. The lowest BCUT2D eigenvalue weighted by Crippen LogP contribution is -3.00. The fourth-order valence-electron chi connectivity index (χ4n) is 0.889. The van der Waals surface area contributed by atoms with Crippen LogP contribution < -0.4 is 28.5 Å². The molecule has 0 N–H and O–H groups in total. The molecule has 0 aliphatic carbocycles. The summed E-state index contributed by atoms with van der Waals surface area (Å²) in [6, 6.07) is 5.56. The van der Waals surface area contributed by atoms with Gasteiger partial charge in [0.1, 0.15) is 7.05 Å². The Balaban J connectivity index is 0.000001000. The van der Waals surface area contributed by atoms with Crippen LogP contribution in [-0.2, 0) is 7.05 Å². The Labute approximate surface area is 83.3 Å². The van der Waals surface area contributed by atoms with E-state index in [1.807, 2.05) is 36.0 Å². The van der Waals surface area contributed by atoms with Crippen LogP contribution >= 0.6 is 0 Å². The quantitative estimate of drug-likeness (QED) is 0.318. The Kier molecular flexibility index (Phi) is 4.25.